The summed E-state index contributed by atoms with van der Waals surface area (Å²) in [7, 11) is 0. The van der Waals surface area contributed by atoms with Gasteiger partial charge in [0.2, 0.25) is 5.91 Å². The van der Waals surface area contributed by atoms with Gasteiger partial charge in [-0.05, 0) is 37.3 Å². The van der Waals surface area contributed by atoms with Crippen LogP contribution in [0.1, 0.15) is 5.56 Å². The van der Waals surface area contributed by atoms with Gasteiger partial charge in [-0.25, -0.2) is 0 Å². The van der Waals surface area contributed by atoms with Gasteiger partial charge in [0.25, 0.3) is 0 Å². The summed E-state index contributed by atoms with van der Waals surface area (Å²) in [5.74, 6) is -0.331. The molecular formula is C15H13BrN2O. The molecule has 0 aliphatic heterocycles. The molecule has 0 spiro atoms. The number of carbonyl (C=O) groups is 1. The van der Waals surface area contributed by atoms with E-state index in [2.05, 4.69) is 35.0 Å². The molecule has 0 unspecified atom stereocenters. The van der Waals surface area contributed by atoms with Crippen molar-refractivity contribution in [1.29, 1.82) is 0 Å². The summed E-state index contributed by atoms with van der Waals surface area (Å²) in [4.78, 5) is 11.3. The van der Waals surface area contributed by atoms with Gasteiger partial charge in [-0.3, -0.25) is 4.79 Å². The minimum Gasteiger partial charge on any atom is -0.368 e. The van der Waals surface area contributed by atoms with E-state index in [0.29, 0.717) is 0 Å². The highest BCUT2D eigenvalue weighted by Gasteiger charge is 2.12. The van der Waals surface area contributed by atoms with Gasteiger partial charge in [-0.2, -0.15) is 0 Å². The molecule has 0 atom stereocenters. The number of halogens is 1. The van der Waals surface area contributed by atoms with Crippen molar-refractivity contribution in [1.82, 2.24) is 4.57 Å². The molecule has 1 aromatic heterocycles. The molecule has 0 saturated carbocycles. The highest BCUT2D eigenvalue weighted by Crippen LogP contribution is 2.31. The zero-order valence-electron chi connectivity index (χ0n) is 10.5. The summed E-state index contributed by atoms with van der Waals surface area (Å²) in [6, 6.07) is 12.3. The van der Waals surface area contributed by atoms with E-state index in [1.807, 2.05) is 28.8 Å². The zero-order valence-corrected chi connectivity index (χ0v) is 12.1. The first kappa shape index (κ1) is 12.2. The first-order valence-electron chi connectivity index (χ1n) is 6.02. The van der Waals surface area contributed by atoms with Crippen molar-refractivity contribution in [2.75, 3.05) is 0 Å². The van der Waals surface area contributed by atoms with E-state index in [1.54, 1.807) is 0 Å². The Kier molecular flexibility index (Phi) is 2.82. The van der Waals surface area contributed by atoms with Crippen molar-refractivity contribution in [2.45, 2.75) is 13.5 Å². The largest absolute Gasteiger partial charge is 0.368 e. The van der Waals surface area contributed by atoms with Gasteiger partial charge in [-0.1, -0.05) is 27.6 Å². The fourth-order valence-electron chi connectivity index (χ4n) is 2.52. The molecule has 0 saturated heterocycles. The Hall–Kier alpha value is -1.81. The lowest BCUT2D eigenvalue weighted by molar-refractivity contribution is -0.118. The fraction of sp³-hybridized carbons (Fsp3) is 0.133. The maximum atomic E-state index is 11.3. The number of fused-ring (bicyclic) bond motifs is 3. The van der Waals surface area contributed by atoms with Crippen molar-refractivity contribution in [3.05, 3.63) is 46.4 Å². The molecule has 3 rings (SSSR count). The maximum Gasteiger partial charge on any atom is 0.237 e. The van der Waals surface area contributed by atoms with Crippen LogP contribution in [0.4, 0.5) is 0 Å². The lowest BCUT2D eigenvalue weighted by Crippen LogP contribution is -2.18. The van der Waals surface area contributed by atoms with Crippen LogP contribution in [0.25, 0.3) is 21.8 Å². The number of carbonyl (C=O) groups excluding carboxylic acids is 1. The van der Waals surface area contributed by atoms with Crippen molar-refractivity contribution in [2.24, 2.45) is 5.73 Å². The summed E-state index contributed by atoms with van der Waals surface area (Å²) >= 11 is 3.50. The topological polar surface area (TPSA) is 48.0 Å². The molecule has 0 radical (unpaired) electrons. The van der Waals surface area contributed by atoms with Crippen molar-refractivity contribution >= 4 is 43.6 Å². The Morgan fingerprint density at radius 3 is 2.47 bits per heavy atom. The number of hydrogen-bond donors (Lipinski definition) is 1. The van der Waals surface area contributed by atoms with Gasteiger partial charge in [-0.15, -0.1) is 0 Å². The molecule has 96 valence electrons. The minimum absolute atomic E-state index is 0.199. The van der Waals surface area contributed by atoms with Crippen LogP contribution in [-0.4, -0.2) is 10.5 Å². The predicted octanol–water partition coefficient (Wildman–Crippen LogP) is 3.35. The summed E-state index contributed by atoms with van der Waals surface area (Å²) in [6.07, 6.45) is 0. The van der Waals surface area contributed by atoms with Crippen LogP contribution in [0.3, 0.4) is 0 Å². The normalized spacial score (nSPS) is 11.3. The molecule has 3 aromatic rings. The van der Waals surface area contributed by atoms with E-state index in [1.165, 1.54) is 5.56 Å². The standard InChI is InChI=1S/C15H13BrN2O/c1-9-2-4-13-11(6-9)12-7-10(16)3-5-14(12)18(13)8-15(17)19/h2-7H,8H2,1H3,(H2,17,19). The second kappa shape index (κ2) is 4.38. The molecule has 2 N–H and O–H groups in total. The SMILES string of the molecule is Cc1ccc2c(c1)c1cc(Br)ccc1n2CC(N)=O. The molecule has 1 amide bonds. The number of rotatable bonds is 2. The Labute approximate surface area is 119 Å². The predicted molar refractivity (Wildman–Crippen MR) is 81.1 cm³/mol. The van der Waals surface area contributed by atoms with Gasteiger partial charge in [0.15, 0.2) is 0 Å². The monoisotopic (exact) mass is 316 g/mol. The Morgan fingerprint density at radius 1 is 1.16 bits per heavy atom. The average molecular weight is 317 g/mol. The van der Waals surface area contributed by atoms with E-state index in [4.69, 9.17) is 5.73 Å². The Balaban J connectivity index is 2.46. The number of aromatic nitrogens is 1. The van der Waals surface area contributed by atoms with E-state index in [-0.39, 0.29) is 12.5 Å². The van der Waals surface area contributed by atoms with Crippen LogP contribution in [0, 0.1) is 6.92 Å². The summed E-state index contributed by atoms with van der Waals surface area (Å²) in [5.41, 5.74) is 8.63. The van der Waals surface area contributed by atoms with Crippen LogP contribution >= 0.6 is 15.9 Å². The maximum absolute atomic E-state index is 11.3. The van der Waals surface area contributed by atoms with E-state index >= 15 is 0 Å². The van der Waals surface area contributed by atoms with Gasteiger partial charge in [0.1, 0.15) is 6.54 Å². The average Bonchev–Trinajstić information content (AvgIpc) is 2.62. The lowest BCUT2D eigenvalue weighted by atomic mass is 10.1. The van der Waals surface area contributed by atoms with Crippen LogP contribution < -0.4 is 5.73 Å². The molecule has 4 heteroatoms. The third-order valence-electron chi connectivity index (χ3n) is 3.30. The molecule has 1 heterocycles. The summed E-state index contributed by atoms with van der Waals surface area (Å²) in [6.45, 7) is 2.26. The molecule has 0 aliphatic carbocycles. The number of aryl methyl sites for hydroxylation is 1. The van der Waals surface area contributed by atoms with Crippen molar-refractivity contribution in [3.63, 3.8) is 0 Å². The van der Waals surface area contributed by atoms with Crippen molar-refractivity contribution in [3.8, 4) is 0 Å². The van der Waals surface area contributed by atoms with Gasteiger partial charge < -0.3 is 10.3 Å². The zero-order chi connectivity index (χ0) is 13.6. The third kappa shape index (κ3) is 2.02. The lowest BCUT2D eigenvalue weighted by Gasteiger charge is -2.04. The number of nitrogens with zero attached hydrogens (tertiary/aromatic N) is 1. The smallest absolute Gasteiger partial charge is 0.237 e. The van der Waals surface area contributed by atoms with Crippen LogP contribution in [0.5, 0.6) is 0 Å². The number of nitrogens with two attached hydrogens (primary N) is 1. The molecular weight excluding hydrogens is 304 g/mol. The molecule has 19 heavy (non-hydrogen) atoms. The molecule has 0 fully saturated rings. The summed E-state index contributed by atoms with van der Waals surface area (Å²) < 4.78 is 3.00. The molecule has 3 nitrogen and oxygen atoms in total. The van der Waals surface area contributed by atoms with E-state index < -0.39 is 0 Å². The van der Waals surface area contributed by atoms with E-state index in [9.17, 15) is 4.79 Å². The Morgan fingerprint density at radius 2 is 1.79 bits per heavy atom. The van der Waals surface area contributed by atoms with Crippen LogP contribution in [0.15, 0.2) is 40.9 Å². The minimum atomic E-state index is -0.331. The number of primary amides is 1. The number of hydrogen-bond acceptors (Lipinski definition) is 1. The highest BCUT2D eigenvalue weighted by atomic mass is 79.9. The van der Waals surface area contributed by atoms with Gasteiger partial charge >= 0.3 is 0 Å². The van der Waals surface area contributed by atoms with E-state index in [0.717, 1.165) is 26.3 Å². The number of benzene rings is 2. The van der Waals surface area contributed by atoms with Gasteiger partial charge in [0, 0.05) is 26.3 Å². The molecule has 0 bridgehead atoms. The Bertz CT molecular complexity index is 745. The number of amides is 1. The van der Waals surface area contributed by atoms with Gasteiger partial charge in [0.05, 0.1) is 0 Å². The first-order chi connectivity index (χ1) is 9.06. The second-order valence-corrected chi connectivity index (χ2v) is 5.65. The quantitative estimate of drug-likeness (QED) is 0.774. The first-order valence-corrected chi connectivity index (χ1v) is 6.82. The third-order valence-corrected chi connectivity index (χ3v) is 3.79. The molecule has 2 aromatic carbocycles. The second-order valence-electron chi connectivity index (χ2n) is 4.73. The summed E-state index contributed by atoms with van der Waals surface area (Å²) in [5, 5.41) is 2.28. The fourth-order valence-corrected chi connectivity index (χ4v) is 2.88. The van der Waals surface area contributed by atoms with Crippen LogP contribution in [0.2, 0.25) is 0 Å². The van der Waals surface area contributed by atoms with Crippen LogP contribution in [-0.2, 0) is 11.3 Å². The molecule has 0 aliphatic rings. The van der Waals surface area contributed by atoms with Crippen molar-refractivity contribution < 1.29 is 4.79 Å². The highest BCUT2D eigenvalue weighted by molar-refractivity contribution is 9.10.